The summed E-state index contributed by atoms with van der Waals surface area (Å²) >= 11 is 0. The molecule has 3 saturated heterocycles. The van der Waals surface area contributed by atoms with E-state index in [-0.39, 0.29) is 61.2 Å². The Kier molecular flexibility index (Phi) is 23.1. The normalized spacial score (nSPS) is 19.3. The van der Waals surface area contributed by atoms with Crippen LogP contribution in [-0.4, -0.2) is 89.9 Å². The van der Waals surface area contributed by atoms with Gasteiger partial charge in [0.15, 0.2) is 0 Å². The zero-order valence-electron chi connectivity index (χ0n) is 59.9. The minimum atomic E-state index is -1.18. The minimum absolute atomic E-state index is 0.00494. The van der Waals surface area contributed by atoms with Gasteiger partial charge in [-0.3, -0.25) is 9.59 Å². The van der Waals surface area contributed by atoms with Crippen molar-refractivity contribution in [1.29, 1.82) is 0 Å². The van der Waals surface area contributed by atoms with Crippen molar-refractivity contribution in [3.63, 3.8) is 0 Å². The zero-order valence-corrected chi connectivity index (χ0v) is 61.5. The van der Waals surface area contributed by atoms with Gasteiger partial charge in [0.25, 0.3) is 11.8 Å². The molecule has 3 aliphatic carbocycles. The summed E-state index contributed by atoms with van der Waals surface area (Å²) in [6.07, 6.45) is 8.94. The number of carboxylic acid groups (broad SMARTS) is 1. The first-order chi connectivity index (χ1) is 49.6. The number of carbonyl (C=O) groups excluding carboxylic acids is 2. The molecule has 3 heterocycles. The average molecular weight is 1420 g/mol. The number of carboxylic acids is 1. The number of likely N-dealkylation sites (tertiary alicyclic amines) is 2. The van der Waals surface area contributed by atoms with E-state index in [9.17, 15) is 22.8 Å². The molecule has 15 rings (SSSR count). The van der Waals surface area contributed by atoms with Gasteiger partial charge >= 0.3 is 5.97 Å². The van der Waals surface area contributed by atoms with Crippen LogP contribution in [0.2, 0.25) is 0 Å². The van der Waals surface area contributed by atoms with Gasteiger partial charge in [0.05, 0.1) is 54.7 Å². The lowest BCUT2D eigenvalue weighted by Gasteiger charge is -2.44. The molecule has 17 heteroatoms. The van der Waals surface area contributed by atoms with Crippen LogP contribution in [0.5, 0.6) is 34.5 Å². The third-order valence-electron chi connectivity index (χ3n) is 21.2. The fourth-order valence-corrected chi connectivity index (χ4v) is 17.3. The van der Waals surface area contributed by atoms with Gasteiger partial charge in [-0.1, -0.05) is 164 Å². The lowest BCUT2D eigenvalue weighted by atomic mass is 9.73. The third kappa shape index (κ3) is 17.1. The second-order valence-electron chi connectivity index (χ2n) is 29.9. The maximum Gasteiger partial charge on any atom is 0.339 e. The average Bonchev–Trinajstić information content (AvgIpc) is 1.62. The monoisotopic (exact) mass is 1420 g/mol. The molecule has 103 heavy (non-hydrogen) atoms. The number of aromatic carboxylic acids is 1. The molecule has 15 nitrogen and oxygen atoms in total. The summed E-state index contributed by atoms with van der Waals surface area (Å²) < 4.78 is 49.7. The number of nitrogens with one attached hydrogen (secondary N) is 3. The Balaban J connectivity index is 0.000000135. The summed E-state index contributed by atoms with van der Waals surface area (Å²) in [5, 5.41) is 12.4. The highest BCUT2D eigenvalue weighted by Crippen LogP contribution is 2.55. The highest BCUT2D eigenvalue weighted by Gasteiger charge is 2.51. The maximum atomic E-state index is 13.6. The Morgan fingerprint density at radius 1 is 0.417 bits per heavy atom. The minimum Gasteiger partial charge on any atom is -0.478 e. The van der Waals surface area contributed by atoms with Crippen LogP contribution >= 0.6 is 0 Å². The predicted molar refractivity (Wildman–Crippen MR) is 410 cm³/mol. The molecule has 6 N–H and O–H groups in total. The molecule has 0 aromatic heterocycles. The molecule has 3 aliphatic heterocycles. The molecular formula is C86H96N6O9S2. The molecule has 9 aromatic rings. The lowest BCUT2D eigenvalue weighted by Crippen LogP contribution is -2.49. The van der Waals surface area contributed by atoms with Gasteiger partial charge in [0, 0.05) is 32.2 Å². The van der Waals surface area contributed by atoms with Crippen LogP contribution in [-0.2, 0) is 41.2 Å². The molecule has 0 bridgehead atoms. The summed E-state index contributed by atoms with van der Waals surface area (Å²) in [4.78, 5) is 41.8. The number of fused-ring (bicyclic) bond motifs is 3. The maximum absolute atomic E-state index is 13.6. The van der Waals surface area contributed by atoms with Gasteiger partial charge in [-0.05, 0) is 235 Å². The van der Waals surface area contributed by atoms with E-state index < -0.39 is 27.9 Å². The highest BCUT2D eigenvalue weighted by molar-refractivity contribution is 7.84. The summed E-state index contributed by atoms with van der Waals surface area (Å²) in [6, 6.07) is 75.7. The van der Waals surface area contributed by atoms with Gasteiger partial charge in [-0.15, -0.1) is 0 Å². The van der Waals surface area contributed by atoms with Crippen LogP contribution in [0.1, 0.15) is 163 Å². The van der Waals surface area contributed by atoms with Crippen LogP contribution in [0.3, 0.4) is 0 Å². The molecule has 9 aromatic carbocycles. The van der Waals surface area contributed by atoms with Crippen LogP contribution < -0.4 is 34.7 Å². The first-order valence-corrected chi connectivity index (χ1v) is 38.3. The number of nitrogens with two attached hydrogens (primary N) is 1. The molecule has 3 fully saturated rings. The number of benzene rings is 9. The smallest absolute Gasteiger partial charge is 0.339 e. The number of carbonyl (C=O) groups is 3. The Morgan fingerprint density at radius 3 is 1.10 bits per heavy atom. The Labute approximate surface area is 612 Å². The van der Waals surface area contributed by atoms with Crippen LogP contribution in [0.25, 0.3) is 0 Å². The predicted octanol–water partition coefficient (Wildman–Crippen LogP) is 16.9. The van der Waals surface area contributed by atoms with E-state index in [4.69, 9.17) is 25.1 Å². The van der Waals surface area contributed by atoms with Crippen LogP contribution in [0, 0.1) is 16.2 Å². The first-order valence-electron chi connectivity index (χ1n) is 36.0. The standard InChI is InChI=1S/C30H34N2O3S.C26H26N2O2.C17H26N2OS.C13H10O3/c1-29(2,3)36(34)31-27-24-14-8-7-11-22(24)21-30(27)17-19-32(20-18-30)28(33)25-15-9-10-16-26(25)35-23-12-5-4-6-13-23;27-24-21-11-5-4-8-19(21)18-26(24)14-16-28(17-15-26)25(29)22-12-6-7-13-23(22)30-20-9-2-1-3-10-20;1-16(2,3)21(20)19-15-14-7-5-4-6-13(14)12-17(15)8-10-18-11-9-17;14-13(15)11-8-4-5-9-12(11)16-10-6-2-1-3-7-10/h4-16,27,31H,17-21H2,1-3H3;1-13,24H,14-18,27H2;4-7,15,18-19H,8-12H2,1-3H3;1-9H,(H,14,15)/t27-,36-;24-;15-,21-;/m111./s1. The SMILES string of the molecule is CC(C)(C)[S@@](=O)N[C@@H]1c2ccccc2CC12CCN(C(=O)c1ccccc1Oc1ccccc1)CC2.CC(C)(C)[S@@](=O)N[C@@H]1c2ccccc2CC12CCNCC2.N[C@@H]1c2ccccc2CC12CCN(C(=O)c1ccccc1Oc1ccccc1)CC2.O=C(O)c1ccccc1Oc1ccccc1. The third-order valence-corrected chi connectivity index (χ3v) is 24.3. The number of amides is 2. The van der Waals surface area contributed by atoms with Crippen molar-refractivity contribution in [1.82, 2.24) is 24.6 Å². The largest absolute Gasteiger partial charge is 0.478 e. The van der Waals surface area contributed by atoms with Gasteiger partial charge in [-0.25, -0.2) is 22.7 Å². The molecular weight excluding hydrogens is 1330 g/mol. The molecule has 2 amide bonds. The fourth-order valence-electron chi connectivity index (χ4n) is 15.4. The Hall–Kier alpha value is -9.07. The molecule has 6 aliphatic rings. The number of ether oxygens (including phenoxy) is 3. The van der Waals surface area contributed by atoms with Crippen LogP contribution in [0.15, 0.2) is 237 Å². The van der Waals surface area contributed by atoms with Crippen molar-refractivity contribution < 1.29 is 42.1 Å². The van der Waals surface area contributed by atoms with Gasteiger partial charge in [0.1, 0.15) is 40.1 Å². The Morgan fingerprint density at radius 2 is 0.718 bits per heavy atom. The van der Waals surface area contributed by atoms with Crippen molar-refractivity contribution in [2.24, 2.45) is 22.0 Å². The number of piperidine rings is 3. The summed E-state index contributed by atoms with van der Waals surface area (Å²) in [5.41, 5.74) is 16.3. The van der Waals surface area contributed by atoms with Crippen molar-refractivity contribution in [2.45, 2.75) is 127 Å². The number of hydrogen-bond donors (Lipinski definition) is 5. The van der Waals surface area contributed by atoms with E-state index in [1.807, 2.05) is 179 Å². The van der Waals surface area contributed by atoms with E-state index in [1.165, 1.54) is 39.4 Å². The summed E-state index contributed by atoms with van der Waals surface area (Å²) in [6.45, 7) is 17.0. The zero-order chi connectivity index (χ0) is 72.4. The van der Waals surface area contributed by atoms with E-state index in [0.29, 0.717) is 53.0 Å². The highest BCUT2D eigenvalue weighted by atomic mass is 32.2. The van der Waals surface area contributed by atoms with Crippen molar-refractivity contribution in [3.8, 4) is 34.5 Å². The van der Waals surface area contributed by atoms with E-state index >= 15 is 0 Å². The summed E-state index contributed by atoms with van der Waals surface area (Å²) in [5.74, 6) is 2.60. The molecule has 0 radical (unpaired) electrons. The first kappa shape index (κ1) is 73.7. The molecule has 0 saturated carbocycles. The molecule has 536 valence electrons. The van der Waals surface area contributed by atoms with E-state index in [1.54, 1.807) is 30.3 Å². The molecule has 5 atom stereocenters. The molecule has 0 unspecified atom stereocenters. The van der Waals surface area contributed by atoms with E-state index in [2.05, 4.69) is 87.6 Å². The fraction of sp³-hybridized carbons (Fsp3) is 0.337. The van der Waals surface area contributed by atoms with Gasteiger partial charge in [0.2, 0.25) is 0 Å². The Bertz CT molecular complexity index is 4450. The van der Waals surface area contributed by atoms with Gasteiger partial charge < -0.3 is 40.2 Å². The quantitative estimate of drug-likeness (QED) is 0.0735. The van der Waals surface area contributed by atoms with Crippen molar-refractivity contribution in [3.05, 3.63) is 287 Å². The van der Waals surface area contributed by atoms with E-state index in [0.717, 1.165) is 89.7 Å². The second-order valence-corrected chi connectivity index (χ2v) is 33.9. The number of rotatable bonds is 13. The number of hydrogen-bond acceptors (Lipinski definition) is 10. The number of para-hydroxylation sites is 6. The lowest BCUT2D eigenvalue weighted by molar-refractivity contribution is 0.0522. The number of nitrogens with zero attached hydrogens (tertiary/aromatic N) is 2. The van der Waals surface area contributed by atoms with Crippen molar-refractivity contribution >= 4 is 39.8 Å². The van der Waals surface area contributed by atoms with Gasteiger partial charge in [-0.2, -0.15) is 0 Å². The topological polar surface area (TPSA) is 202 Å². The molecule has 3 spiro atoms. The second kappa shape index (κ2) is 32.3. The summed E-state index contributed by atoms with van der Waals surface area (Å²) in [7, 11) is -2.21. The van der Waals surface area contributed by atoms with Crippen LogP contribution in [0.4, 0.5) is 0 Å². The van der Waals surface area contributed by atoms with Crippen molar-refractivity contribution in [2.75, 3.05) is 39.3 Å².